The molecule has 0 radical (unpaired) electrons. The van der Waals surface area contributed by atoms with E-state index in [0.717, 1.165) is 12.8 Å². The van der Waals surface area contributed by atoms with Crippen molar-refractivity contribution in [3.8, 4) is 0 Å². The van der Waals surface area contributed by atoms with Crippen LogP contribution in [0.2, 0.25) is 0 Å². The van der Waals surface area contributed by atoms with Gasteiger partial charge in [-0.3, -0.25) is 0 Å². The normalized spacial score (nSPS) is 37.8. The largest absolute Gasteiger partial charge is 0.464 e. The van der Waals surface area contributed by atoms with E-state index < -0.39 is 0 Å². The van der Waals surface area contributed by atoms with Gasteiger partial charge in [0.1, 0.15) is 0 Å². The number of hydrogen-bond donors (Lipinski definition) is 0. The lowest BCUT2D eigenvalue weighted by Gasteiger charge is -2.25. The van der Waals surface area contributed by atoms with E-state index in [0.29, 0.717) is 18.4 Å². The van der Waals surface area contributed by atoms with Crippen LogP contribution in [0.3, 0.4) is 0 Å². The van der Waals surface area contributed by atoms with Crippen LogP contribution in [0, 0.1) is 11.8 Å². The summed E-state index contributed by atoms with van der Waals surface area (Å²) in [7, 11) is 0. The Bertz CT molecular complexity index is 308. The maximum atomic E-state index is 11.5. The minimum absolute atomic E-state index is 0.0957. The number of hydrogen-bond acceptors (Lipinski definition) is 3. The number of rotatable bonds is 3. The first-order valence-corrected chi connectivity index (χ1v) is 6.13. The first-order valence-electron chi connectivity index (χ1n) is 6.13. The molecule has 1 saturated heterocycles. The number of carbonyl (C=O) groups is 1. The predicted octanol–water partition coefficient (Wildman–Crippen LogP) is 2.31. The second-order valence-electron chi connectivity index (χ2n) is 4.85. The Morgan fingerprint density at radius 2 is 2.38 bits per heavy atom. The fourth-order valence-electron chi connectivity index (χ4n) is 2.64. The molecule has 0 aromatic carbocycles. The number of esters is 1. The fraction of sp³-hybridized carbons (Fsp3) is 0.769. The van der Waals surface area contributed by atoms with Gasteiger partial charge in [-0.05, 0) is 38.5 Å². The number of carbonyl (C=O) groups excluding carboxylic acids is 1. The van der Waals surface area contributed by atoms with Crippen LogP contribution in [-0.2, 0) is 14.3 Å². The third-order valence-electron chi connectivity index (χ3n) is 3.56. The zero-order chi connectivity index (χ0) is 11.7. The Hall–Kier alpha value is -0.830. The van der Waals surface area contributed by atoms with Crippen molar-refractivity contribution in [3.63, 3.8) is 0 Å². The van der Waals surface area contributed by atoms with Gasteiger partial charge < -0.3 is 9.47 Å². The Labute approximate surface area is 96.8 Å². The topological polar surface area (TPSA) is 38.8 Å². The SMILES string of the molecule is CCOC(=O)C1OC1C1CCC(C)=CC1C. The van der Waals surface area contributed by atoms with Crippen LogP contribution in [0.5, 0.6) is 0 Å². The molecule has 3 nitrogen and oxygen atoms in total. The van der Waals surface area contributed by atoms with Crippen LogP contribution in [0.25, 0.3) is 0 Å². The number of ether oxygens (including phenoxy) is 2. The average Bonchev–Trinajstić information content (AvgIpc) is 2.98. The van der Waals surface area contributed by atoms with E-state index >= 15 is 0 Å². The molecular weight excluding hydrogens is 204 g/mol. The maximum absolute atomic E-state index is 11.5. The van der Waals surface area contributed by atoms with Gasteiger partial charge in [-0.25, -0.2) is 4.79 Å². The van der Waals surface area contributed by atoms with Crippen LogP contribution in [0.15, 0.2) is 11.6 Å². The molecule has 0 spiro atoms. The van der Waals surface area contributed by atoms with Crippen molar-refractivity contribution in [1.29, 1.82) is 0 Å². The smallest absolute Gasteiger partial charge is 0.338 e. The van der Waals surface area contributed by atoms with E-state index in [9.17, 15) is 4.79 Å². The average molecular weight is 224 g/mol. The lowest BCUT2D eigenvalue weighted by atomic mass is 9.79. The second-order valence-corrected chi connectivity index (χ2v) is 4.85. The van der Waals surface area contributed by atoms with Gasteiger partial charge in [0.25, 0.3) is 0 Å². The van der Waals surface area contributed by atoms with E-state index in [-0.39, 0.29) is 18.2 Å². The molecule has 1 aliphatic heterocycles. The first-order chi connectivity index (χ1) is 7.63. The molecule has 0 amide bonds. The van der Waals surface area contributed by atoms with Crippen molar-refractivity contribution >= 4 is 5.97 Å². The van der Waals surface area contributed by atoms with E-state index in [1.54, 1.807) is 0 Å². The molecule has 1 fully saturated rings. The van der Waals surface area contributed by atoms with Gasteiger partial charge >= 0.3 is 5.97 Å². The summed E-state index contributed by atoms with van der Waals surface area (Å²) >= 11 is 0. The molecule has 0 aromatic rings. The van der Waals surface area contributed by atoms with Crippen molar-refractivity contribution in [3.05, 3.63) is 11.6 Å². The fourth-order valence-corrected chi connectivity index (χ4v) is 2.64. The molecule has 1 aliphatic carbocycles. The van der Waals surface area contributed by atoms with Crippen LogP contribution in [0.1, 0.15) is 33.6 Å². The summed E-state index contributed by atoms with van der Waals surface area (Å²) < 4.78 is 10.4. The maximum Gasteiger partial charge on any atom is 0.338 e. The van der Waals surface area contributed by atoms with Crippen molar-refractivity contribution < 1.29 is 14.3 Å². The van der Waals surface area contributed by atoms with Crippen molar-refractivity contribution in [2.75, 3.05) is 6.61 Å². The lowest BCUT2D eigenvalue weighted by Crippen LogP contribution is -2.24. The highest BCUT2D eigenvalue weighted by molar-refractivity contribution is 5.78. The molecule has 0 saturated carbocycles. The van der Waals surface area contributed by atoms with Crippen LogP contribution in [0.4, 0.5) is 0 Å². The van der Waals surface area contributed by atoms with E-state index in [1.165, 1.54) is 5.57 Å². The summed E-state index contributed by atoms with van der Waals surface area (Å²) in [5.74, 6) is 0.808. The second kappa shape index (κ2) is 4.58. The van der Waals surface area contributed by atoms with E-state index in [1.807, 2.05) is 6.92 Å². The molecule has 4 unspecified atom stereocenters. The van der Waals surface area contributed by atoms with Crippen molar-refractivity contribution in [1.82, 2.24) is 0 Å². The summed E-state index contributed by atoms with van der Waals surface area (Å²) in [5.41, 5.74) is 1.46. The van der Waals surface area contributed by atoms with Crippen LogP contribution < -0.4 is 0 Å². The summed E-state index contributed by atoms with van der Waals surface area (Å²) in [6.07, 6.45) is 4.37. The monoisotopic (exact) mass is 224 g/mol. The molecule has 4 atom stereocenters. The minimum atomic E-state index is -0.292. The molecule has 3 heteroatoms. The third kappa shape index (κ3) is 2.29. The summed E-state index contributed by atoms with van der Waals surface area (Å²) in [5, 5.41) is 0. The van der Waals surface area contributed by atoms with Gasteiger partial charge in [0.15, 0.2) is 6.10 Å². The highest BCUT2D eigenvalue weighted by Gasteiger charge is 2.52. The Morgan fingerprint density at radius 3 is 3.00 bits per heavy atom. The Balaban J connectivity index is 1.90. The molecule has 2 aliphatic rings. The summed E-state index contributed by atoms with van der Waals surface area (Å²) in [6, 6.07) is 0. The number of epoxide rings is 1. The molecular formula is C13H20O3. The molecule has 0 bridgehead atoms. The summed E-state index contributed by atoms with van der Waals surface area (Å²) in [4.78, 5) is 11.5. The van der Waals surface area contributed by atoms with Crippen LogP contribution >= 0.6 is 0 Å². The molecule has 2 rings (SSSR count). The highest BCUT2D eigenvalue weighted by Crippen LogP contribution is 2.41. The third-order valence-corrected chi connectivity index (χ3v) is 3.56. The lowest BCUT2D eigenvalue weighted by molar-refractivity contribution is -0.144. The molecule has 90 valence electrons. The van der Waals surface area contributed by atoms with Crippen LogP contribution in [-0.4, -0.2) is 24.8 Å². The molecule has 16 heavy (non-hydrogen) atoms. The molecule has 0 N–H and O–H groups in total. The Morgan fingerprint density at radius 1 is 1.62 bits per heavy atom. The van der Waals surface area contributed by atoms with Gasteiger partial charge in [0.05, 0.1) is 12.7 Å². The predicted molar refractivity (Wildman–Crippen MR) is 60.9 cm³/mol. The molecule has 1 heterocycles. The minimum Gasteiger partial charge on any atom is -0.464 e. The van der Waals surface area contributed by atoms with Gasteiger partial charge in [-0.2, -0.15) is 0 Å². The van der Waals surface area contributed by atoms with Gasteiger partial charge in [-0.1, -0.05) is 18.6 Å². The first kappa shape index (κ1) is 11.6. The van der Waals surface area contributed by atoms with Gasteiger partial charge in [0.2, 0.25) is 0 Å². The van der Waals surface area contributed by atoms with Crippen molar-refractivity contribution in [2.24, 2.45) is 11.8 Å². The van der Waals surface area contributed by atoms with Gasteiger partial charge in [0, 0.05) is 0 Å². The standard InChI is InChI=1S/C13H20O3/c1-4-15-13(14)12-11(16-12)10-6-5-8(2)7-9(10)3/h7,9-12H,4-6H2,1-3H3. The van der Waals surface area contributed by atoms with E-state index in [2.05, 4.69) is 19.9 Å². The zero-order valence-corrected chi connectivity index (χ0v) is 10.2. The summed E-state index contributed by atoms with van der Waals surface area (Å²) in [6.45, 7) is 6.63. The van der Waals surface area contributed by atoms with Gasteiger partial charge in [-0.15, -0.1) is 0 Å². The van der Waals surface area contributed by atoms with Crippen molar-refractivity contribution in [2.45, 2.75) is 45.8 Å². The number of allylic oxidation sites excluding steroid dienone is 2. The quantitative estimate of drug-likeness (QED) is 0.419. The zero-order valence-electron chi connectivity index (χ0n) is 10.2. The molecule has 0 aromatic heterocycles. The van der Waals surface area contributed by atoms with E-state index in [4.69, 9.17) is 9.47 Å². The highest BCUT2D eigenvalue weighted by atomic mass is 16.6. The Kier molecular flexibility index (Phi) is 3.33.